The fourth-order valence-corrected chi connectivity index (χ4v) is 1.70. The van der Waals surface area contributed by atoms with Crippen molar-refractivity contribution in [1.82, 2.24) is 0 Å². The smallest absolute Gasteiger partial charge is 0.316 e. The number of benzene rings is 1. The molecule has 0 aliphatic carbocycles. The fraction of sp³-hybridized carbons (Fsp3) is 0.400. The van der Waals surface area contributed by atoms with Crippen LogP contribution in [0.2, 0.25) is 0 Å². The van der Waals surface area contributed by atoms with Crippen molar-refractivity contribution in [2.24, 2.45) is 0 Å². The molecule has 0 aromatic heterocycles. The lowest BCUT2D eigenvalue weighted by Crippen LogP contribution is -1.93. The van der Waals surface area contributed by atoms with Crippen LogP contribution in [0.5, 0.6) is 0 Å². The molecular formula is C10H18O3P2. The van der Waals surface area contributed by atoms with Crippen molar-refractivity contribution < 1.29 is 13.6 Å². The molecule has 5 heteroatoms. The minimum absolute atomic E-state index is 0. The van der Waals surface area contributed by atoms with Gasteiger partial charge in [0.2, 0.25) is 0 Å². The van der Waals surface area contributed by atoms with Crippen LogP contribution in [0.4, 0.5) is 0 Å². The summed E-state index contributed by atoms with van der Waals surface area (Å²) >= 11 is 0. The monoisotopic (exact) mass is 248 g/mol. The van der Waals surface area contributed by atoms with Crippen LogP contribution in [0.25, 0.3) is 0 Å². The molecule has 1 rings (SSSR count). The molecule has 0 bridgehead atoms. The van der Waals surface area contributed by atoms with Crippen LogP contribution in [0.15, 0.2) is 30.3 Å². The molecule has 0 saturated heterocycles. The molecule has 0 aliphatic heterocycles. The Hall–Kier alpha value is -0.0400. The van der Waals surface area contributed by atoms with E-state index in [0.29, 0.717) is 13.2 Å². The van der Waals surface area contributed by atoms with Gasteiger partial charge in [-0.2, -0.15) is 9.90 Å². The average Bonchev–Trinajstić information content (AvgIpc) is 2.25. The zero-order chi connectivity index (χ0) is 10.2. The quantitative estimate of drug-likeness (QED) is 0.724. The second-order valence-corrected chi connectivity index (χ2v) is 3.91. The summed E-state index contributed by atoms with van der Waals surface area (Å²) in [5.41, 5.74) is 1.12. The zero-order valence-electron chi connectivity index (χ0n) is 9.18. The summed E-state index contributed by atoms with van der Waals surface area (Å²) in [4.78, 5) is 0. The minimum Gasteiger partial charge on any atom is -0.316 e. The zero-order valence-corrected chi connectivity index (χ0v) is 11.5. The predicted octanol–water partition coefficient (Wildman–Crippen LogP) is 3.17. The minimum atomic E-state index is -1.18. The lowest BCUT2D eigenvalue weighted by molar-refractivity contribution is 0.180. The summed E-state index contributed by atoms with van der Waals surface area (Å²) in [5.74, 6) is 0. The van der Waals surface area contributed by atoms with E-state index < -0.39 is 8.60 Å². The van der Waals surface area contributed by atoms with Crippen molar-refractivity contribution in [1.29, 1.82) is 0 Å². The van der Waals surface area contributed by atoms with Crippen LogP contribution < -0.4 is 0 Å². The largest absolute Gasteiger partial charge is 0.332 e. The summed E-state index contributed by atoms with van der Waals surface area (Å²) < 4.78 is 15.7. The first-order valence-electron chi connectivity index (χ1n) is 4.50. The molecule has 0 aliphatic rings. The predicted molar refractivity (Wildman–Crippen MR) is 67.9 cm³/mol. The van der Waals surface area contributed by atoms with Crippen LogP contribution in [0, 0.1) is 0 Å². The van der Waals surface area contributed by atoms with Crippen molar-refractivity contribution in [3.63, 3.8) is 0 Å². The molecule has 15 heavy (non-hydrogen) atoms. The Kier molecular flexibility index (Phi) is 9.18. The Labute approximate surface area is 95.7 Å². The Bertz CT molecular complexity index is 244. The van der Waals surface area contributed by atoms with E-state index in [1.807, 2.05) is 37.3 Å². The van der Waals surface area contributed by atoms with Gasteiger partial charge in [0.15, 0.2) is 0 Å². The van der Waals surface area contributed by atoms with Crippen molar-refractivity contribution >= 4 is 18.5 Å². The molecule has 3 nitrogen and oxygen atoms in total. The maximum Gasteiger partial charge on any atom is 0.332 e. The van der Waals surface area contributed by atoms with Crippen LogP contribution in [0.1, 0.15) is 12.5 Å². The fourth-order valence-electron chi connectivity index (χ4n) is 0.950. The van der Waals surface area contributed by atoms with Crippen molar-refractivity contribution in [2.75, 3.05) is 13.7 Å². The van der Waals surface area contributed by atoms with Gasteiger partial charge in [-0.25, -0.2) is 0 Å². The van der Waals surface area contributed by atoms with Gasteiger partial charge in [0.1, 0.15) is 0 Å². The van der Waals surface area contributed by atoms with Crippen LogP contribution in [-0.4, -0.2) is 13.7 Å². The second kappa shape index (κ2) is 9.21. The van der Waals surface area contributed by atoms with E-state index in [4.69, 9.17) is 13.6 Å². The van der Waals surface area contributed by atoms with E-state index in [1.54, 1.807) is 7.11 Å². The van der Waals surface area contributed by atoms with E-state index in [2.05, 4.69) is 0 Å². The molecule has 0 saturated carbocycles. The van der Waals surface area contributed by atoms with Gasteiger partial charge in [0.25, 0.3) is 0 Å². The molecule has 0 radical (unpaired) electrons. The standard InChI is InChI=1S/C10H15O3P.H3P/c1-3-12-14(11-2)13-9-10-7-5-4-6-8-10;/h4-8H,3,9H2,1-2H3;1H3. The SMILES string of the molecule is CCOP(OC)OCc1ccccc1.P. The molecular weight excluding hydrogens is 230 g/mol. The second-order valence-electron chi connectivity index (χ2n) is 2.58. The maximum atomic E-state index is 5.44. The molecule has 0 fully saturated rings. The third kappa shape index (κ3) is 6.19. The van der Waals surface area contributed by atoms with Gasteiger partial charge in [0, 0.05) is 7.11 Å². The Balaban J connectivity index is 0.00000196. The summed E-state index contributed by atoms with van der Waals surface area (Å²) in [6, 6.07) is 9.96. The highest BCUT2D eigenvalue weighted by Gasteiger charge is 2.08. The third-order valence-corrected chi connectivity index (χ3v) is 2.67. The number of rotatable bonds is 6. The topological polar surface area (TPSA) is 27.7 Å². The Morgan fingerprint density at radius 1 is 1.13 bits per heavy atom. The van der Waals surface area contributed by atoms with E-state index in [-0.39, 0.29) is 9.90 Å². The molecule has 1 aromatic rings. The van der Waals surface area contributed by atoms with Crippen molar-refractivity contribution in [3.05, 3.63) is 35.9 Å². The first-order valence-corrected chi connectivity index (χ1v) is 5.60. The van der Waals surface area contributed by atoms with Crippen LogP contribution in [0.3, 0.4) is 0 Å². The van der Waals surface area contributed by atoms with E-state index in [1.165, 1.54) is 0 Å². The third-order valence-electron chi connectivity index (χ3n) is 1.56. The van der Waals surface area contributed by atoms with Crippen molar-refractivity contribution in [3.8, 4) is 0 Å². The van der Waals surface area contributed by atoms with E-state index >= 15 is 0 Å². The molecule has 2 unspecified atom stereocenters. The average molecular weight is 248 g/mol. The van der Waals surface area contributed by atoms with Gasteiger partial charge in [-0.05, 0) is 12.5 Å². The van der Waals surface area contributed by atoms with Crippen LogP contribution in [-0.2, 0) is 20.2 Å². The first kappa shape index (κ1) is 15.0. The van der Waals surface area contributed by atoms with Crippen LogP contribution >= 0.6 is 18.5 Å². The number of hydrogen-bond acceptors (Lipinski definition) is 3. The van der Waals surface area contributed by atoms with Gasteiger partial charge < -0.3 is 13.6 Å². The van der Waals surface area contributed by atoms with Gasteiger partial charge in [-0.1, -0.05) is 30.3 Å². The summed E-state index contributed by atoms with van der Waals surface area (Å²) in [6.45, 7) is 3.05. The Morgan fingerprint density at radius 2 is 1.80 bits per heavy atom. The maximum absolute atomic E-state index is 5.44. The summed E-state index contributed by atoms with van der Waals surface area (Å²) in [6.07, 6.45) is 0. The van der Waals surface area contributed by atoms with Gasteiger partial charge in [-0.15, -0.1) is 0 Å². The normalized spacial score (nSPS) is 11.9. The molecule has 0 heterocycles. The lowest BCUT2D eigenvalue weighted by atomic mass is 10.2. The van der Waals surface area contributed by atoms with E-state index in [0.717, 1.165) is 5.56 Å². The van der Waals surface area contributed by atoms with Gasteiger partial charge >= 0.3 is 8.60 Å². The Morgan fingerprint density at radius 3 is 2.33 bits per heavy atom. The molecule has 0 amide bonds. The summed E-state index contributed by atoms with van der Waals surface area (Å²) in [5, 5.41) is 0. The highest BCUT2D eigenvalue weighted by atomic mass is 31.2. The molecule has 86 valence electrons. The molecule has 0 spiro atoms. The number of hydrogen-bond donors (Lipinski definition) is 0. The van der Waals surface area contributed by atoms with Gasteiger partial charge in [0.05, 0.1) is 13.2 Å². The molecule has 0 N–H and O–H groups in total. The first-order chi connectivity index (χ1) is 6.86. The molecule has 2 atom stereocenters. The highest BCUT2D eigenvalue weighted by molar-refractivity contribution is 7.41. The van der Waals surface area contributed by atoms with Gasteiger partial charge in [-0.3, -0.25) is 0 Å². The van der Waals surface area contributed by atoms with E-state index in [9.17, 15) is 0 Å². The van der Waals surface area contributed by atoms with Crippen molar-refractivity contribution in [2.45, 2.75) is 13.5 Å². The highest BCUT2D eigenvalue weighted by Crippen LogP contribution is 2.39. The summed E-state index contributed by atoms with van der Waals surface area (Å²) in [7, 11) is 0.407. The molecule has 1 aromatic carbocycles. The lowest BCUT2D eigenvalue weighted by Gasteiger charge is -2.12.